The Morgan fingerprint density at radius 3 is 2.68 bits per heavy atom. The Bertz CT molecular complexity index is 329. The number of nitrogens with zero attached hydrogens (tertiary/aromatic N) is 2. The maximum absolute atomic E-state index is 12.4. The predicted molar refractivity (Wildman–Crippen MR) is 70.9 cm³/mol. The first-order valence-electron chi connectivity index (χ1n) is 7.10. The van der Waals surface area contributed by atoms with E-state index in [1.165, 1.54) is 0 Å². The van der Waals surface area contributed by atoms with Gasteiger partial charge in [0.2, 0.25) is 5.91 Å². The van der Waals surface area contributed by atoms with Crippen LogP contribution in [0.5, 0.6) is 0 Å². The van der Waals surface area contributed by atoms with Gasteiger partial charge < -0.3 is 15.3 Å². The van der Waals surface area contributed by atoms with Gasteiger partial charge in [-0.05, 0) is 25.8 Å². The average molecular weight is 269 g/mol. The standard InChI is InChI=1S/C13H23N3O3/c17-12(18)10-15-5-2-6-16(8-7-15)13(19)11-3-1-4-14-9-11/h11,14H,1-10H2,(H,17,18)/t11-/m1/s1. The fourth-order valence-electron chi connectivity index (χ4n) is 2.86. The molecule has 0 spiro atoms. The molecule has 2 fully saturated rings. The summed E-state index contributed by atoms with van der Waals surface area (Å²) >= 11 is 0. The highest BCUT2D eigenvalue weighted by molar-refractivity contribution is 5.79. The Labute approximate surface area is 113 Å². The van der Waals surface area contributed by atoms with Gasteiger partial charge in [0.15, 0.2) is 0 Å². The van der Waals surface area contributed by atoms with Crippen LogP contribution >= 0.6 is 0 Å². The SMILES string of the molecule is O=C(O)CN1CCCN(C(=O)[C@@H]2CCCNC2)CC1. The Hall–Kier alpha value is -1.14. The van der Waals surface area contributed by atoms with Crippen LogP contribution in [0.3, 0.4) is 0 Å². The highest BCUT2D eigenvalue weighted by Crippen LogP contribution is 2.15. The van der Waals surface area contributed by atoms with E-state index in [-0.39, 0.29) is 18.4 Å². The van der Waals surface area contributed by atoms with Gasteiger partial charge in [-0.2, -0.15) is 0 Å². The first-order chi connectivity index (χ1) is 9.16. The second kappa shape index (κ2) is 6.86. The number of rotatable bonds is 3. The lowest BCUT2D eigenvalue weighted by Crippen LogP contribution is -2.44. The van der Waals surface area contributed by atoms with Gasteiger partial charge in [0, 0.05) is 32.7 Å². The molecule has 6 nitrogen and oxygen atoms in total. The number of carbonyl (C=O) groups excluding carboxylic acids is 1. The van der Waals surface area contributed by atoms with Crippen LogP contribution in [-0.2, 0) is 9.59 Å². The van der Waals surface area contributed by atoms with Crippen LogP contribution in [0.25, 0.3) is 0 Å². The lowest BCUT2D eigenvalue weighted by molar-refractivity contribution is -0.138. The maximum atomic E-state index is 12.4. The minimum atomic E-state index is -0.795. The third kappa shape index (κ3) is 4.18. The van der Waals surface area contributed by atoms with Crippen LogP contribution in [-0.4, -0.2) is 72.6 Å². The number of carbonyl (C=O) groups is 2. The molecule has 0 aliphatic carbocycles. The minimum Gasteiger partial charge on any atom is -0.480 e. The largest absolute Gasteiger partial charge is 0.480 e. The van der Waals surface area contributed by atoms with Gasteiger partial charge in [0.1, 0.15) is 0 Å². The molecule has 2 heterocycles. The van der Waals surface area contributed by atoms with Crippen molar-refractivity contribution >= 4 is 11.9 Å². The van der Waals surface area contributed by atoms with Crippen LogP contribution < -0.4 is 5.32 Å². The van der Waals surface area contributed by atoms with Crippen LogP contribution in [0.2, 0.25) is 0 Å². The van der Waals surface area contributed by atoms with Crippen LogP contribution in [0, 0.1) is 5.92 Å². The van der Waals surface area contributed by atoms with Gasteiger partial charge in [0.25, 0.3) is 0 Å². The predicted octanol–water partition coefficient (Wildman–Crippen LogP) is -0.395. The Balaban J connectivity index is 1.84. The van der Waals surface area contributed by atoms with E-state index in [1.54, 1.807) is 0 Å². The number of aliphatic carboxylic acids is 1. The lowest BCUT2D eigenvalue weighted by atomic mass is 9.98. The molecule has 0 aromatic carbocycles. The van der Waals surface area contributed by atoms with Gasteiger partial charge in [-0.1, -0.05) is 0 Å². The van der Waals surface area contributed by atoms with E-state index in [2.05, 4.69) is 5.32 Å². The van der Waals surface area contributed by atoms with Crippen molar-refractivity contribution in [2.75, 3.05) is 45.8 Å². The molecular weight excluding hydrogens is 246 g/mol. The molecule has 0 aromatic rings. The van der Waals surface area contributed by atoms with Crippen molar-refractivity contribution in [3.05, 3.63) is 0 Å². The Morgan fingerprint density at radius 2 is 2.00 bits per heavy atom. The summed E-state index contributed by atoms with van der Waals surface area (Å²) < 4.78 is 0. The number of carboxylic acids is 1. The Kier molecular flexibility index (Phi) is 5.15. The number of amides is 1. The van der Waals surface area contributed by atoms with Crippen LogP contribution in [0.1, 0.15) is 19.3 Å². The summed E-state index contributed by atoms with van der Waals surface area (Å²) in [5.74, 6) is -0.444. The van der Waals surface area contributed by atoms with Crippen LogP contribution in [0.4, 0.5) is 0 Å². The van der Waals surface area contributed by atoms with E-state index in [0.717, 1.165) is 45.4 Å². The number of nitrogens with one attached hydrogen (secondary N) is 1. The van der Waals surface area contributed by atoms with Gasteiger partial charge in [0.05, 0.1) is 12.5 Å². The number of piperidine rings is 1. The normalized spacial score (nSPS) is 25.9. The monoisotopic (exact) mass is 269 g/mol. The van der Waals surface area contributed by atoms with Crippen molar-refractivity contribution in [1.82, 2.24) is 15.1 Å². The lowest BCUT2D eigenvalue weighted by Gasteiger charge is -2.28. The first kappa shape index (κ1) is 14.3. The third-order valence-electron chi connectivity index (χ3n) is 3.91. The van der Waals surface area contributed by atoms with Crippen LogP contribution in [0.15, 0.2) is 0 Å². The van der Waals surface area contributed by atoms with E-state index in [4.69, 9.17) is 5.11 Å². The molecule has 1 atom stereocenters. The molecule has 1 amide bonds. The summed E-state index contributed by atoms with van der Waals surface area (Å²) in [6.45, 7) is 4.71. The van der Waals surface area contributed by atoms with Crippen molar-refractivity contribution in [3.63, 3.8) is 0 Å². The van der Waals surface area contributed by atoms with Crippen molar-refractivity contribution in [1.29, 1.82) is 0 Å². The molecule has 0 radical (unpaired) electrons. The fourth-order valence-corrected chi connectivity index (χ4v) is 2.86. The molecule has 19 heavy (non-hydrogen) atoms. The summed E-state index contributed by atoms with van der Waals surface area (Å²) in [4.78, 5) is 26.9. The molecule has 0 unspecified atom stereocenters. The third-order valence-corrected chi connectivity index (χ3v) is 3.91. The quantitative estimate of drug-likeness (QED) is 0.730. The maximum Gasteiger partial charge on any atom is 0.317 e. The van der Waals surface area contributed by atoms with Crippen molar-refractivity contribution < 1.29 is 14.7 Å². The second-order valence-electron chi connectivity index (χ2n) is 5.39. The molecule has 2 N–H and O–H groups in total. The highest BCUT2D eigenvalue weighted by atomic mass is 16.4. The molecule has 2 aliphatic rings. The van der Waals surface area contributed by atoms with Gasteiger partial charge in [-0.3, -0.25) is 14.5 Å². The van der Waals surface area contributed by atoms with E-state index >= 15 is 0 Å². The zero-order valence-electron chi connectivity index (χ0n) is 11.3. The number of carboxylic acid groups (broad SMARTS) is 1. The van der Waals surface area contributed by atoms with E-state index < -0.39 is 5.97 Å². The van der Waals surface area contributed by atoms with E-state index in [0.29, 0.717) is 13.1 Å². The highest BCUT2D eigenvalue weighted by Gasteiger charge is 2.27. The van der Waals surface area contributed by atoms with Crippen molar-refractivity contribution in [2.24, 2.45) is 5.92 Å². The number of hydrogen-bond acceptors (Lipinski definition) is 4. The summed E-state index contributed by atoms with van der Waals surface area (Å²) in [6, 6.07) is 0. The second-order valence-corrected chi connectivity index (χ2v) is 5.39. The smallest absolute Gasteiger partial charge is 0.317 e. The first-order valence-corrected chi connectivity index (χ1v) is 7.10. The van der Waals surface area contributed by atoms with Gasteiger partial charge in [-0.15, -0.1) is 0 Å². The average Bonchev–Trinajstić information content (AvgIpc) is 2.64. The zero-order chi connectivity index (χ0) is 13.7. The number of hydrogen-bond donors (Lipinski definition) is 2. The van der Waals surface area contributed by atoms with Crippen molar-refractivity contribution in [2.45, 2.75) is 19.3 Å². The summed E-state index contributed by atoms with van der Waals surface area (Å²) in [7, 11) is 0. The molecule has 0 saturated carbocycles. The molecule has 108 valence electrons. The summed E-state index contributed by atoms with van der Waals surface area (Å²) in [5.41, 5.74) is 0. The topological polar surface area (TPSA) is 72.9 Å². The molecule has 0 aromatic heterocycles. The molecular formula is C13H23N3O3. The molecule has 2 aliphatic heterocycles. The van der Waals surface area contributed by atoms with E-state index in [9.17, 15) is 9.59 Å². The molecule has 0 bridgehead atoms. The van der Waals surface area contributed by atoms with Crippen molar-refractivity contribution in [3.8, 4) is 0 Å². The molecule has 2 saturated heterocycles. The minimum absolute atomic E-state index is 0.0764. The van der Waals surface area contributed by atoms with E-state index in [1.807, 2.05) is 9.80 Å². The Morgan fingerprint density at radius 1 is 1.16 bits per heavy atom. The van der Waals surface area contributed by atoms with Gasteiger partial charge in [-0.25, -0.2) is 0 Å². The molecule has 2 rings (SSSR count). The zero-order valence-corrected chi connectivity index (χ0v) is 11.3. The summed E-state index contributed by atoms with van der Waals surface area (Å²) in [6.07, 6.45) is 2.90. The molecule has 6 heteroatoms. The van der Waals surface area contributed by atoms with Gasteiger partial charge >= 0.3 is 5.97 Å². The fraction of sp³-hybridized carbons (Fsp3) is 0.846. The summed E-state index contributed by atoms with van der Waals surface area (Å²) in [5, 5.41) is 12.1.